The number of fused-ring (bicyclic) bond motifs is 1. The van der Waals surface area contributed by atoms with Crippen LogP contribution < -0.4 is 9.47 Å². The lowest BCUT2D eigenvalue weighted by atomic mass is 9.89. The number of hydrogen-bond donors (Lipinski definition) is 1. The third kappa shape index (κ3) is 5.22. The van der Waals surface area contributed by atoms with Gasteiger partial charge in [-0.05, 0) is 86.3 Å². The van der Waals surface area contributed by atoms with E-state index in [2.05, 4.69) is 28.2 Å². The van der Waals surface area contributed by atoms with Gasteiger partial charge in [0.05, 0.1) is 18.6 Å². The maximum Gasteiger partial charge on any atom is 0.175 e. The van der Waals surface area contributed by atoms with Crippen molar-refractivity contribution in [2.75, 3.05) is 39.6 Å². The summed E-state index contributed by atoms with van der Waals surface area (Å²) in [5, 5.41) is 1.27. The first kappa shape index (κ1) is 21.7. The standard InChI is InChI=1S/C24H30N2O4S/c1-29-20-6-9-24-22(16-20)23(17-25-24)18-10-13-26(14-11-18)12-3-15-30-19-4-7-21(8-5-19)31(2,27)28/h4-9,16-18,25H,3,10-15H2,1-2H3. The molecule has 0 spiro atoms. The molecule has 4 rings (SSSR count). The van der Waals surface area contributed by atoms with Crippen molar-refractivity contribution in [1.82, 2.24) is 9.88 Å². The number of methoxy groups -OCH3 is 1. The minimum Gasteiger partial charge on any atom is -0.497 e. The summed E-state index contributed by atoms with van der Waals surface area (Å²) in [5.41, 5.74) is 2.56. The molecular weight excluding hydrogens is 412 g/mol. The Labute approximate surface area is 184 Å². The van der Waals surface area contributed by atoms with Crippen LogP contribution >= 0.6 is 0 Å². The Bertz CT molecular complexity index is 1110. The van der Waals surface area contributed by atoms with Crippen LogP contribution in [0, 0.1) is 0 Å². The van der Waals surface area contributed by atoms with Crippen molar-refractivity contribution >= 4 is 20.7 Å². The molecule has 6 nitrogen and oxygen atoms in total. The second-order valence-electron chi connectivity index (χ2n) is 8.22. The number of benzene rings is 2. The number of likely N-dealkylation sites (tertiary alicyclic amines) is 1. The third-order valence-corrected chi connectivity index (χ3v) is 7.22. The van der Waals surface area contributed by atoms with Crippen LogP contribution in [0.5, 0.6) is 11.5 Å². The van der Waals surface area contributed by atoms with Gasteiger partial charge in [0.2, 0.25) is 0 Å². The normalized spacial score (nSPS) is 15.9. The fourth-order valence-corrected chi connectivity index (χ4v) is 4.95. The Kier molecular flexibility index (Phi) is 6.53. The van der Waals surface area contributed by atoms with Crippen molar-refractivity contribution in [2.24, 2.45) is 0 Å². The molecule has 1 N–H and O–H groups in total. The van der Waals surface area contributed by atoms with E-state index in [1.807, 2.05) is 6.07 Å². The lowest BCUT2D eigenvalue weighted by Gasteiger charge is -2.32. The maximum absolute atomic E-state index is 11.5. The summed E-state index contributed by atoms with van der Waals surface area (Å²) in [6, 6.07) is 12.8. The van der Waals surface area contributed by atoms with Gasteiger partial charge < -0.3 is 19.4 Å². The quantitative estimate of drug-likeness (QED) is 0.529. The summed E-state index contributed by atoms with van der Waals surface area (Å²) < 4.78 is 34.2. The first-order valence-corrected chi connectivity index (χ1v) is 12.6. The first-order valence-electron chi connectivity index (χ1n) is 10.7. The summed E-state index contributed by atoms with van der Waals surface area (Å²) in [7, 11) is -1.46. The van der Waals surface area contributed by atoms with Gasteiger partial charge in [0.15, 0.2) is 9.84 Å². The van der Waals surface area contributed by atoms with Gasteiger partial charge in [-0.1, -0.05) is 0 Å². The van der Waals surface area contributed by atoms with Crippen LogP contribution in [0.1, 0.15) is 30.7 Å². The highest BCUT2D eigenvalue weighted by atomic mass is 32.2. The van der Waals surface area contributed by atoms with Gasteiger partial charge in [0.25, 0.3) is 0 Å². The lowest BCUT2D eigenvalue weighted by molar-refractivity contribution is 0.193. The van der Waals surface area contributed by atoms with E-state index in [1.54, 1.807) is 31.4 Å². The van der Waals surface area contributed by atoms with Gasteiger partial charge in [-0.2, -0.15) is 0 Å². The molecule has 0 atom stereocenters. The van der Waals surface area contributed by atoms with Gasteiger partial charge >= 0.3 is 0 Å². The summed E-state index contributed by atoms with van der Waals surface area (Å²) in [6.45, 7) is 3.81. The Morgan fingerprint density at radius 3 is 2.45 bits per heavy atom. The number of piperidine rings is 1. The molecule has 1 aliphatic rings. The number of rotatable bonds is 8. The molecule has 166 valence electrons. The number of nitrogens with one attached hydrogen (secondary N) is 1. The number of ether oxygens (including phenoxy) is 2. The van der Waals surface area contributed by atoms with E-state index >= 15 is 0 Å². The molecule has 0 bridgehead atoms. The van der Waals surface area contributed by atoms with Crippen LogP contribution in [0.3, 0.4) is 0 Å². The van der Waals surface area contributed by atoms with E-state index in [4.69, 9.17) is 9.47 Å². The molecule has 1 fully saturated rings. The molecule has 1 saturated heterocycles. The number of aromatic nitrogens is 1. The van der Waals surface area contributed by atoms with Gasteiger partial charge in [-0.15, -0.1) is 0 Å². The van der Waals surface area contributed by atoms with E-state index in [0.717, 1.165) is 44.6 Å². The van der Waals surface area contributed by atoms with Crippen molar-refractivity contribution < 1.29 is 17.9 Å². The first-order chi connectivity index (χ1) is 14.9. The molecule has 31 heavy (non-hydrogen) atoms. The van der Waals surface area contributed by atoms with E-state index in [-0.39, 0.29) is 0 Å². The minimum atomic E-state index is -3.17. The largest absolute Gasteiger partial charge is 0.497 e. The highest BCUT2D eigenvalue weighted by molar-refractivity contribution is 7.90. The summed E-state index contributed by atoms with van der Waals surface area (Å²) >= 11 is 0. The Morgan fingerprint density at radius 2 is 1.77 bits per heavy atom. The van der Waals surface area contributed by atoms with Crippen molar-refractivity contribution in [2.45, 2.75) is 30.1 Å². The molecule has 0 unspecified atom stereocenters. The van der Waals surface area contributed by atoms with Crippen LogP contribution in [0.15, 0.2) is 53.6 Å². The van der Waals surface area contributed by atoms with E-state index in [0.29, 0.717) is 23.2 Å². The molecular formula is C24H30N2O4S. The van der Waals surface area contributed by atoms with Gasteiger partial charge in [-0.3, -0.25) is 0 Å². The monoisotopic (exact) mass is 442 g/mol. The average molecular weight is 443 g/mol. The van der Waals surface area contributed by atoms with E-state index in [1.165, 1.54) is 22.7 Å². The molecule has 2 heterocycles. The zero-order valence-electron chi connectivity index (χ0n) is 18.1. The molecule has 1 aromatic heterocycles. The van der Waals surface area contributed by atoms with Crippen LogP contribution in [-0.2, 0) is 9.84 Å². The topological polar surface area (TPSA) is 71.6 Å². The SMILES string of the molecule is COc1ccc2[nH]cc(C3CCN(CCCOc4ccc(S(C)(=O)=O)cc4)CC3)c2c1. The Hall–Kier alpha value is -2.51. The molecule has 0 saturated carbocycles. The molecule has 0 amide bonds. The molecule has 3 aromatic rings. The lowest BCUT2D eigenvalue weighted by Crippen LogP contribution is -2.34. The van der Waals surface area contributed by atoms with Gasteiger partial charge in [-0.25, -0.2) is 8.42 Å². The van der Waals surface area contributed by atoms with Gasteiger partial charge in [0, 0.05) is 29.9 Å². The van der Waals surface area contributed by atoms with Gasteiger partial charge in [0.1, 0.15) is 11.5 Å². The highest BCUT2D eigenvalue weighted by Crippen LogP contribution is 2.34. The van der Waals surface area contributed by atoms with Crippen molar-refractivity contribution in [3.05, 3.63) is 54.2 Å². The van der Waals surface area contributed by atoms with E-state index in [9.17, 15) is 8.42 Å². The highest BCUT2D eigenvalue weighted by Gasteiger charge is 2.22. The molecule has 0 radical (unpaired) electrons. The smallest absolute Gasteiger partial charge is 0.175 e. The predicted octanol–water partition coefficient (Wildman–Crippen LogP) is 4.23. The van der Waals surface area contributed by atoms with Crippen LogP contribution in [0.2, 0.25) is 0 Å². The summed E-state index contributed by atoms with van der Waals surface area (Å²) in [4.78, 5) is 6.22. The molecule has 1 aliphatic heterocycles. The zero-order chi connectivity index (χ0) is 21.8. The second kappa shape index (κ2) is 9.32. The third-order valence-electron chi connectivity index (χ3n) is 6.09. The fraction of sp³-hybridized carbons (Fsp3) is 0.417. The van der Waals surface area contributed by atoms with Crippen molar-refractivity contribution in [3.63, 3.8) is 0 Å². The maximum atomic E-state index is 11.5. The second-order valence-corrected chi connectivity index (χ2v) is 10.2. The van der Waals surface area contributed by atoms with Crippen LogP contribution in [-0.4, -0.2) is 57.9 Å². The number of nitrogens with zero attached hydrogens (tertiary/aromatic N) is 1. The molecule has 0 aliphatic carbocycles. The number of aromatic amines is 1. The summed E-state index contributed by atoms with van der Waals surface area (Å²) in [5.74, 6) is 2.18. The van der Waals surface area contributed by atoms with E-state index < -0.39 is 9.84 Å². The van der Waals surface area contributed by atoms with Crippen molar-refractivity contribution in [1.29, 1.82) is 0 Å². The molecule has 7 heteroatoms. The fourth-order valence-electron chi connectivity index (χ4n) is 4.31. The summed E-state index contributed by atoms with van der Waals surface area (Å²) in [6.07, 6.45) is 6.62. The van der Waals surface area contributed by atoms with Crippen LogP contribution in [0.25, 0.3) is 10.9 Å². The number of sulfone groups is 1. The zero-order valence-corrected chi connectivity index (χ0v) is 19.0. The average Bonchev–Trinajstić information content (AvgIpc) is 3.20. The Morgan fingerprint density at radius 1 is 1.06 bits per heavy atom. The predicted molar refractivity (Wildman–Crippen MR) is 123 cm³/mol. The Balaban J connectivity index is 1.23. The number of H-pyrrole nitrogens is 1. The minimum absolute atomic E-state index is 0.316. The van der Waals surface area contributed by atoms with Crippen molar-refractivity contribution in [3.8, 4) is 11.5 Å². The molecule has 2 aromatic carbocycles. The van der Waals surface area contributed by atoms with Crippen LogP contribution in [0.4, 0.5) is 0 Å². The number of hydrogen-bond acceptors (Lipinski definition) is 5.